The summed E-state index contributed by atoms with van der Waals surface area (Å²) < 4.78 is 0. The van der Waals surface area contributed by atoms with Crippen LogP contribution in [0, 0.1) is 0 Å². The number of benzene rings is 11. The maximum atomic E-state index is 5.21. The van der Waals surface area contributed by atoms with Crippen LogP contribution in [-0.4, -0.2) is 24.9 Å². The second-order valence-electron chi connectivity index (χ2n) is 25.3. The van der Waals surface area contributed by atoms with Crippen molar-refractivity contribution in [3.63, 3.8) is 0 Å². The molecular formula is C81H67N5. The van der Waals surface area contributed by atoms with E-state index in [0.29, 0.717) is 17.5 Å². The van der Waals surface area contributed by atoms with Gasteiger partial charge in [0.25, 0.3) is 0 Å². The molecule has 0 N–H and O–H groups in total. The molecule has 5 heteroatoms. The molecule has 86 heavy (non-hydrogen) atoms. The Labute approximate surface area is 505 Å². The lowest BCUT2D eigenvalue weighted by molar-refractivity contribution is 0.299. The number of aromatic nitrogens is 5. The van der Waals surface area contributed by atoms with Crippen molar-refractivity contribution in [2.75, 3.05) is 0 Å². The van der Waals surface area contributed by atoms with Gasteiger partial charge >= 0.3 is 0 Å². The molecule has 13 aromatic rings. The van der Waals surface area contributed by atoms with Crippen molar-refractivity contribution in [3.8, 4) is 101 Å². The fourth-order valence-corrected chi connectivity index (χ4v) is 13.3. The fraction of sp³-hybridized carbons (Fsp3) is 0.148. The monoisotopic (exact) mass is 1110 g/mol. The molecule has 0 fully saturated rings. The van der Waals surface area contributed by atoms with Gasteiger partial charge in [0, 0.05) is 33.2 Å². The molecule has 0 atom stereocenters. The molecule has 2 aliphatic rings. The molecule has 2 aliphatic carbocycles. The Kier molecular flexibility index (Phi) is 13.2. The zero-order valence-electron chi connectivity index (χ0n) is 50.1. The van der Waals surface area contributed by atoms with Gasteiger partial charge in [-0.3, -0.25) is 0 Å². The van der Waals surface area contributed by atoms with Gasteiger partial charge in [-0.2, -0.15) is 0 Å². The summed E-state index contributed by atoms with van der Waals surface area (Å²) in [7, 11) is 0. The summed E-state index contributed by atoms with van der Waals surface area (Å²) in [6, 6.07) is 92.5. The van der Waals surface area contributed by atoms with Gasteiger partial charge in [-0.25, -0.2) is 24.9 Å². The van der Waals surface area contributed by atoms with Crippen molar-refractivity contribution in [1.29, 1.82) is 0 Å². The average molecular weight is 1110 g/mol. The van der Waals surface area contributed by atoms with E-state index in [1.54, 1.807) is 0 Å². The van der Waals surface area contributed by atoms with E-state index in [-0.39, 0.29) is 21.7 Å². The van der Waals surface area contributed by atoms with Gasteiger partial charge in [0.05, 0.1) is 11.2 Å². The Morgan fingerprint density at radius 1 is 0.233 bits per heavy atom. The van der Waals surface area contributed by atoms with E-state index in [1.165, 1.54) is 72.1 Å². The van der Waals surface area contributed by atoms with Gasteiger partial charge in [0.1, 0.15) is 0 Å². The van der Waals surface area contributed by atoms with Crippen LogP contribution in [0.3, 0.4) is 0 Å². The fourth-order valence-electron chi connectivity index (χ4n) is 13.3. The highest BCUT2D eigenvalue weighted by Crippen LogP contribution is 2.57. The highest BCUT2D eigenvalue weighted by atomic mass is 15.0. The van der Waals surface area contributed by atoms with Crippen molar-refractivity contribution in [2.24, 2.45) is 0 Å². The van der Waals surface area contributed by atoms with Gasteiger partial charge < -0.3 is 0 Å². The van der Waals surface area contributed by atoms with Crippen LogP contribution in [0.15, 0.2) is 261 Å². The summed E-state index contributed by atoms with van der Waals surface area (Å²) in [5.41, 5.74) is 22.0. The lowest BCUT2D eigenvalue weighted by Gasteiger charge is -2.49. The maximum absolute atomic E-state index is 5.21. The molecule has 0 unspecified atom stereocenters. The van der Waals surface area contributed by atoms with Crippen LogP contribution < -0.4 is 0 Å². The van der Waals surface area contributed by atoms with Gasteiger partial charge in [0.15, 0.2) is 23.3 Å². The minimum atomic E-state index is -0.156. The molecule has 0 saturated carbocycles. The quantitative estimate of drug-likeness (QED) is 0.159. The molecule has 0 radical (unpaired) electrons. The minimum Gasteiger partial charge on any atom is -0.228 e. The molecule has 0 amide bonds. The summed E-state index contributed by atoms with van der Waals surface area (Å²) in [6.45, 7) is 19.0. The van der Waals surface area contributed by atoms with Crippen LogP contribution in [0.4, 0.5) is 0 Å². The number of hydrogen-bond donors (Lipinski definition) is 0. The number of hydrogen-bond acceptors (Lipinski definition) is 5. The zero-order valence-corrected chi connectivity index (χ0v) is 50.1. The van der Waals surface area contributed by atoms with Crippen molar-refractivity contribution in [3.05, 3.63) is 283 Å². The van der Waals surface area contributed by atoms with E-state index in [1.807, 2.05) is 30.3 Å². The maximum Gasteiger partial charge on any atom is 0.164 e. The minimum absolute atomic E-state index is 0.0357. The number of fused-ring (bicyclic) bond motifs is 8. The Hall–Kier alpha value is -9.97. The summed E-state index contributed by atoms with van der Waals surface area (Å²) in [5.74, 6) is 2.77. The Morgan fingerprint density at radius 2 is 0.686 bits per heavy atom. The summed E-state index contributed by atoms with van der Waals surface area (Å²) in [5, 5.41) is 3.42. The molecule has 15 rings (SSSR count). The van der Waals surface area contributed by atoms with E-state index in [4.69, 9.17) is 24.9 Å². The van der Waals surface area contributed by atoms with Crippen LogP contribution in [0.2, 0.25) is 0 Å². The zero-order chi connectivity index (χ0) is 59.0. The van der Waals surface area contributed by atoms with E-state index in [2.05, 4.69) is 286 Å². The van der Waals surface area contributed by atoms with Gasteiger partial charge in [-0.05, 0) is 130 Å². The van der Waals surface area contributed by atoms with Crippen molar-refractivity contribution < 1.29 is 0 Å². The standard InChI is InChI=1S/C43H35N3.C38H32N2/c1-42(2)36-21-13-20-35(38(36)34-25-24-32(27-37(34)43(42,3)4)28-14-7-5-8-15-28)41-45-39(30-17-9-6-10-18-30)44-40(46-41)33-23-22-29-16-11-12-19-31(29)26-33;1-37(2)32-21-19-27(25-13-7-5-8-14-25)23-30(32)31-24-28(20-22-33(31)38(37,3)4)36-39-34-18-12-11-17-29(34)35(40-36)26-15-9-6-10-16-26/h5-27H,1-4H3;5-24H,1-4H3. The van der Waals surface area contributed by atoms with E-state index < -0.39 is 0 Å². The lowest BCUT2D eigenvalue weighted by Crippen LogP contribution is -2.43. The number of rotatable bonds is 7. The Bertz CT molecular complexity index is 4740. The largest absolute Gasteiger partial charge is 0.228 e. The highest BCUT2D eigenvalue weighted by Gasteiger charge is 2.48. The first-order chi connectivity index (χ1) is 41.7. The number of para-hydroxylation sites is 1. The molecule has 0 saturated heterocycles. The molecular weight excluding hydrogens is 1040 g/mol. The smallest absolute Gasteiger partial charge is 0.164 e. The normalized spacial score (nSPS) is 14.7. The molecule has 0 spiro atoms. The first-order valence-corrected chi connectivity index (χ1v) is 30.0. The van der Waals surface area contributed by atoms with Gasteiger partial charge in [0.2, 0.25) is 0 Å². The molecule has 5 nitrogen and oxygen atoms in total. The third-order valence-electron chi connectivity index (χ3n) is 19.5. The van der Waals surface area contributed by atoms with Crippen LogP contribution >= 0.6 is 0 Å². The molecule has 0 aliphatic heterocycles. The van der Waals surface area contributed by atoms with Crippen LogP contribution in [0.25, 0.3) is 123 Å². The SMILES string of the molecule is CC1(C)c2cc(-c3ccccc3)ccc2-c2c(-c3nc(-c4ccccc4)nc(-c4ccc5ccccc5c4)n3)cccc2C1(C)C.CC1(C)c2ccc(-c3ccccc3)cc2-c2cc(-c3nc(-c4ccccc4)c4ccccc4n3)ccc2C1(C)C. The van der Waals surface area contributed by atoms with E-state index in [0.717, 1.165) is 55.6 Å². The van der Waals surface area contributed by atoms with E-state index >= 15 is 0 Å². The third kappa shape index (κ3) is 9.12. The van der Waals surface area contributed by atoms with Gasteiger partial charge in [-0.1, -0.05) is 286 Å². The first kappa shape index (κ1) is 54.0. The second-order valence-corrected chi connectivity index (χ2v) is 25.3. The first-order valence-electron chi connectivity index (χ1n) is 30.0. The lowest BCUT2D eigenvalue weighted by atomic mass is 9.55. The third-order valence-corrected chi connectivity index (χ3v) is 19.5. The predicted octanol–water partition coefficient (Wildman–Crippen LogP) is 20.8. The molecule has 2 heterocycles. The van der Waals surface area contributed by atoms with Crippen LogP contribution in [0.5, 0.6) is 0 Å². The van der Waals surface area contributed by atoms with Crippen LogP contribution in [-0.2, 0) is 21.7 Å². The molecule has 0 bridgehead atoms. The second kappa shape index (κ2) is 21.0. The number of nitrogens with zero attached hydrogens (tertiary/aromatic N) is 5. The predicted molar refractivity (Wildman–Crippen MR) is 358 cm³/mol. The topological polar surface area (TPSA) is 64.5 Å². The van der Waals surface area contributed by atoms with Crippen molar-refractivity contribution in [1.82, 2.24) is 24.9 Å². The molecule has 416 valence electrons. The van der Waals surface area contributed by atoms with Crippen molar-refractivity contribution in [2.45, 2.75) is 77.0 Å². The van der Waals surface area contributed by atoms with E-state index in [9.17, 15) is 0 Å². The molecule has 2 aromatic heterocycles. The summed E-state index contributed by atoms with van der Waals surface area (Å²) in [6.07, 6.45) is 0. The highest BCUT2D eigenvalue weighted by molar-refractivity contribution is 5.95. The van der Waals surface area contributed by atoms with Crippen molar-refractivity contribution >= 4 is 21.7 Å². The Balaban J connectivity index is 0.000000153. The summed E-state index contributed by atoms with van der Waals surface area (Å²) in [4.78, 5) is 25.6. The van der Waals surface area contributed by atoms with Gasteiger partial charge in [-0.15, -0.1) is 0 Å². The Morgan fingerprint density at radius 3 is 1.34 bits per heavy atom. The summed E-state index contributed by atoms with van der Waals surface area (Å²) >= 11 is 0. The average Bonchev–Trinajstić information content (AvgIpc) is 0.801. The van der Waals surface area contributed by atoms with Crippen LogP contribution in [0.1, 0.15) is 77.6 Å². The molecule has 11 aromatic carbocycles.